The van der Waals surface area contributed by atoms with E-state index < -0.39 is 5.97 Å². The van der Waals surface area contributed by atoms with Crippen molar-refractivity contribution < 1.29 is 18.7 Å². The van der Waals surface area contributed by atoms with Gasteiger partial charge in [-0.2, -0.15) is 0 Å². The van der Waals surface area contributed by atoms with Crippen LogP contribution in [0.3, 0.4) is 0 Å². The number of fused-ring (bicyclic) bond motifs is 1. The van der Waals surface area contributed by atoms with Gasteiger partial charge in [0, 0.05) is 10.6 Å². The molecular formula is C18H11ClFN3O3S. The second-order valence-electron chi connectivity index (χ2n) is 5.73. The monoisotopic (exact) mass is 403 g/mol. The van der Waals surface area contributed by atoms with Gasteiger partial charge in [0.2, 0.25) is 11.8 Å². The highest BCUT2D eigenvalue weighted by molar-refractivity contribution is 7.18. The summed E-state index contributed by atoms with van der Waals surface area (Å²) < 4.78 is 20.7. The van der Waals surface area contributed by atoms with Crippen molar-refractivity contribution >= 4 is 39.1 Å². The number of benzene rings is 2. The SMILES string of the molecule is O=C(O)Cc1nnc(Cc2nc3ccc(-c4ccc(Cl)cc4)c(F)c3s2)o1. The maximum atomic E-state index is 15.0. The number of halogens is 2. The van der Waals surface area contributed by atoms with Crippen LogP contribution in [0.4, 0.5) is 4.39 Å². The fourth-order valence-corrected chi connectivity index (χ4v) is 3.74. The summed E-state index contributed by atoms with van der Waals surface area (Å²) >= 11 is 7.09. The number of hydrogen-bond acceptors (Lipinski definition) is 6. The number of thiazole rings is 1. The lowest BCUT2D eigenvalue weighted by atomic mass is 10.1. The van der Waals surface area contributed by atoms with Gasteiger partial charge in [-0.25, -0.2) is 9.37 Å². The maximum Gasteiger partial charge on any atom is 0.312 e. The Morgan fingerprint density at radius 1 is 1.15 bits per heavy atom. The molecule has 0 amide bonds. The van der Waals surface area contributed by atoms with Gasteiger partial charge in [-0.15, -0.1) is 21.5 Å². The summed E-state index contributed by atoms with van der Waals surface area (Å²) in [5, 5.41) is 17.4. The molecule has 0 bridgehead atoms. The number of hydrogen-bond donors (Lipinski definition) is 1. The van der Waals surface area contributed by atoms with E-state index in [1.165, 1.54) is 11.3 Å². The zero-order chi connectivity index (χ0) is 19.0. The van der Waals surface area contributed by atoms with Gasteiger partial charge in [0.15, 0.2) is 0 Å². The fraction of sp³-hybridized carbons (Fsp3) is 0.111. The van der Waals surface area contributed by atoms with Gasteiger partial charge in [0.1, 0.15) is 17.2 Å². The van der Waals surface area contributed by atoms with Crippen molar-refractivity contribution in [2.45, 2.75) is 12.8 Å². The molecule has 2 aromatic carbocycles. The number of carboxylic acids is 1. The van der Waals surface area contributed by atoms with Crippen LogP contribution in [0, 0.1) is 5.82 Å². The summed E-state index contributed by atoms with van der Waals surface area (Å²) in [5.41, 5.74) is 1.73. The highest BCUT2D eigenvalue weighted by Crippen LogP contribution is 2.33. The molecule has 6 nitrogen and oxygen atoms in total. The Morgan fingerprint density at radius 3 is 2.63 bits per heavy atom. The molecule has 2 aromatic heterocycles. The average molecular weight is 404 g/mol. The van der Waals surface area contributed by atoms with E-state index in [2.05, 4.69) is 15.2 Å². The molecule has 0 aliphatic carbocycles. The molecule has 0 unspecified atom stereocenters. The summed E-state index contributed by atoms with van der Waals surface area (Å²) in [7, 11) is 0. The van der Waals surface area contributed by atoms with Crippen molar-refractivity contribution in [3.8, 4) is 11.1 Å². The molecule has 0 aliphatic heterocycles. The average Bonchev–Trinajstić information content (AvgIpc) is 3.23. The largest absolute Gasteiger partial charge is 0.481 e. The molecule has 27 heavy (non-hydrogen) atoms. The normalized spacial score (nSPS) is 11.2. The predicted octanol–water partition coefficient (Wildman–Crippen LogP) is 4.36. The summed E-state index contributed by atoms with van der Waals surface area (Å²) in [6.45, 7) is 0. The first-order valence-electron chi connectivity index (χ1n) is 7.86. The van der Waals surface area contributed by atoms with Gasteiger partial charge in [-0.1, -0.05) is 23.7 Å². The number of carboxylic acid groups (broad SMARTS) is 1. The van der Waals surface area contributed by atoms with Gasteiger partial charge in [-0.05, 0) is 29.8 Å². The van der Waals surface area contributed by atoms with Crippen LogP contribution >= 0.6 is 22.9 Å². The van der Waals surface area contributed by atoms with Crippen molar-refractivity contribution in [1.29, 1.82) is 0 Å². The third kappa shape index (κ3) is 3.67. The van der Waals surface area contributed by atoms with Gasteiger partial charge >= 0.3 is 5.97 Å². The molecular weight excluding hydrogens is 393 g/mol. The minimum Gasteiger partial charge on any atom is -0.481 e. The van der Waals surface area contributed by atoms with Crippen LogP contribution in [0.2, 0.25) is 5.02 Å². The Kier molecular flexibility index (Phi) is 4.59. The van der Waals surface area contributed by atoms with Crippen LogP contribution in [0.1, 0.15) is 16.8 Å². The molecule has 0 radical (unpaired) electrons. The molecule has 4 aromatic rings. The molecule has 0 spiro atoms. The topological polar surface area (TPSA) is 89.1 Å². The van der Waals surface area contributed by atoms with Gasteiger partial charge in [0.25, 0.3) is 0 Å². The van der Waals surface area contributed by atoms with E-state index in [1.54, 1.807) is 36.4 Å². The zero-order valence-corrected chi connectivity index (χ0v) is 15.2. The van der Waals surface area contributed by atoms with Crippen molar-refractivity contribution in [3.63, 3.8) is 0 Å². The Hall–Kier alpha value is -2.84. The van der Waals surface area contributed by atoms with Crippen LogP contribution in [-0.4, -0.2) is 26.3 Å². The van der Waals surface area contributed by atoms with E-state index in [1.807, 2.05) is 0 Å². The molecule has 9 heteroatoms. The van der Waals surface area contributed by atoms with E-state index in [9.17, 15) is 9.18 Å². The van der Waals surface area contributed by atoms with E-state index >= 15 is 0 Å². The lowest BCUT2D eigenvalue weighted by molar-refractivity contribution is -0.136. The lowest BCUT2D eigenvalue weighted by Crippen LogP contribution is -1.99. The highest BCUT2D eigenvalue weighted by atomic mass is 35.5. The first-order chi connectivity index (χ1) is 13.0. The van der Waals surface area contributed by atoms with Crippen LogP contribution in [0.5, 0.6) is 0 Å². The third-order valence-corrected chi connectivity index (χ3v) is 5.13. The van der Waals surface area contributed by atoms with E-state index in [-0.39, 0.29) is 30.4 Å². The van der Waals surface area contributed by atoms with Crippen molar-refractivity contribution in [3.05, 3.63) is 64.0 Å². The van der Waals surface area contributed by atoms with Crippen LogP contribution in [-0.2, 0) is 17.6 Å². The number of carbonyl (C=O) groups is 1. The molecule has 4 rings (SSSR count). The van der Waals surface area contributed by atoms with E-state index in [4.69, 9.17) is 21.1 Å². The van der Waals surface area contributed by atoms with Gasteiger partial charge in [-0.3, -0.25) is 4.79 Å². The van der Waals surface area contributed by atoms with Crippen LogP contribution < -0.4 is 0 Å². The number of aliphatic carboxylic acids is 1. The quantitative estimate of drug-likeness (QED) is 0.532. The maximum absolute atomic E-state index is 15.0. The zero-order valence-electron chi connectivity index (χ0n) is 13.6. The van der Waals surface area contributed by atoms with Crippen molar-refractivity contribution in [2.75, 3.05) is 0 Å². The summed E-state index contributed by atoms with van der Waals surface area (Å²) in [5.74, 6) is -1.14. The predicted molar refractivity (Wildman–Crippen MR) is 98.5 cm³/mol. The molecule has 0 saturated carbocycles. The first-order valence-corrected chi connectivity index (χ1v) is 9.06. The number of rotatable bonds is 5. The second-order valence-corrected chi connectivity index (χ2v) is 7.25. The Morgan fingerprint density at radius 2 is 1.89 bits per heavy atom. The summed E-state index contributed by atoms with van der Waals surface area (Å²) in [6, 6.07) is 10.4. The molecule has 0 saturated heterocycles. The fourth-order valence-electron chi connectivity index (χ4n) is 2.62. The molecule has 0 aliphatic rings. The molecule has 0 fully saturated rings. The lowest BCUT2D eigenvalue weighted by Gasteiger charge is -2.04. The number of aromatic nitrogens is 3. The first kappa shape index (κ1) is 17.6. The van der Waals surface area contributed by atoms with Gasteiger partial charge < -0.3 is 9.52 Å². The van der Waals surface area contributed by atoms with Crippen LogP contribution in [0.15, 0.2) is 40.8 Å². The smallest absolute Gasteiger partial charge is 0.312 e. The van der Waals surface area contributed by atoms with Crippen molar-refractivity contribution in [1.82, 2.24) is 15.2 Å². The third-order valence-electron chi connectivity index (χ3n) is 3.81. The van der Waals surface area contributed by atoms with E-state index in [0.717, 1.165) is 5.56 Å². The van der Waals surface area contributed by atoms with Crippen molar-refractivity contribution in [2.24, 2.45) is 0 Å². The minimum absolute atomic E-state index is 0.0230. The summed E-state index contributed by atoms with van der Waals surface area (Å²) in [4.78, 5) is 15.1. The van der Waals surface area contributed by atoms with Gasteiger partial charge in [0.05, 0.1) is 16.6 Å². The molecule has 136 valence electrons. The Labute approximate surface area is 161 Å². The van der Waals surface area contributed by atoms with Crippen LogP contribution in [0.25, 0.3) is 21.3 Å². The molecule has 1 N–H and O–H groups in total. The Balaban J connectivity index is 1.64. The highest BCUT2D eigenvalue weighted by Gasteiger charge is 2.16. The van der Waals surface area contributed by atoms with E-state index in [0.29, 0.717) is 25.8 Å². The second kappa shape index (κ2) is 7.05. The Bertz CT molecular complexity index is 1140. The molecule has 2 heterocycles. The molecule has 0 atom stereocenters. The summed E-state index contributed by atoms with van der Waals surface area (Å²) in [6.07, 6.45) is -0.131. The standard InChI is InChI=1S/C18H11ClFN3O3S/c19-10-3-1-9(2-4-10)11-5-6-12-18(17(11)20)27-15(21-12)7-13-22-23-14(26-13)8-16(24)25/h1-6H,7-8H2,(H,24,25). The number of nitrogens with zero attached hydrogens (tertiary/aromatic N) is 3. The minimum atomic E-state index is -1.05.